The number of amides is 1. The SMILES string of the molecule is CCOC(=O)c1sc(N2C(=O)C(=O)/C(=C(/O)c3ccc(OC(C)C)cc3)C2c2cc(OC)c(OC)c(OC)c2)nc1C. The highest BCUT2D eigenvalue weighted by atomic mass is 32.1. The maximum Gasteiger partial charge on any atom is 0.350 e. The molecule has 1 N–H and O–H groups in total. The largest absolute Gasteiger partial charge is 0.507 e. The smallest absolute Gasteiger partial charge is 0.350 e. The maximum atomic E-state index is 13.6. The highest BCUT2D eigenvalue weighted by Gasteiger charge is 2.49. The number of aromatic nitrogens is 1. The summed E-state index contributed by atoms with van der Waals surface area (Å²) in [6.45, 7) is 7.22. The molecule has 0 saturated carbocycles. The lowest BCUT2D eigenvalue weighted by molar-refractivity contribution is -0.132. The van der Waals surface area contributed by atoms with Crippen LogP contribution in [-0.4, -0.2) is 61.8 Å². The fourth-order valence-electron chi connectivity index (χ4n) is 4.59. The number of aliphatic hydroxyl groups is 1. The van der Waals surface area contributed by atoms with Crippen molar-refractivity contribution in [2.24, 2.45) is 0 Å². The number of hydrogen-bond acceptors (Lipinski definition) is 11. The highest BCUT2D eigenvalue weighted by molar-refractivity contribution is 7.17. The number of carbonyl (C=O) groups excluding carboxylic acids is 3. The van der Waals surface area contributed by atoms with Crippen LogP contribution in [0.25, 0.3) is 5.76 Å². The zero-order valence-corrected chi connectivity index (χ0v) is 25.2. The van der Waals surface area contributed by atoms with Crippen molar-refractivity contribution in [2.45, 2.75) is 39.8 Å². The van der Waals surface area contributed by atoms with E-state index in [4.69, 9.17) is 23.7 Å². The molecule has 2 heterocycles. The molecule has 1 unspecified atom stereocenters. The normalized spacial score (nSPS) is 16.1. The van der Waals surface area contributed by atoms with Gasteiger partial charge < -0.3 is 28.8 Å². The molecule has 3 aromatic rings. The van der Waals surface area contributed by atoms with Crippen LogP contribution in [0.3, 0.4) is 0 Å². The quantitative estimate of drug-likeness (QED) is 0.146. The molecule has 222 valence electrons. The number of carbonyl (C=O) groups is 3. The second-order valence-electron chi connectivity index (χ2n) is 9.45. The first-order valence-electron chi connectivity index (χ1n) is 13.1. The van der Waals surface area contributed by atoms with Gasteiger partial charge in [-0.15, -0.1) is 0 Å². The summed E-state index contributed by atoms with van der Waals surface area (Å²) in [5, 5.41) is 11.6. The Morgan fingerprint density at radius 2 is 1.67 bits per heavy atom. The van der Waals surface area contributed by atoms with Gasteiger partial charge in [0, 0.05) is 5.56 Å². The van der Waals surface area contributed by atoms with Crippen LogP contribution in [0.1, 0.15) is 53.3 Å². The van der Waals surface area contributed by atoms with E-state index in [1.54, 1.807) is 50.2 Å². The monoisotopic (exact) mass is 596 g/mol. The van der Waals surface area contributed by atoms with Crippen LogP contribution < -0.4 is 23.8 Å². The number of rotatable bonds is 10. The van der Waals surface area contributed by atoms with Crippen molar-refractivity contribution in [1.82, 2.24) is 4.98 Å². The number of ether oxygens (including phenoxy) is 5. The third kappa shape index (κ3) is 5.62. The van der Waals surface area contributed by atoms with E-state index in [9.17, 15) is 19.5 Å². The maximum absolute atomic E-state index is 13.6. The Labute approximate surface area is 247 Å². The average Bonchev–Trinajstić information content (AvgIpc) is 3.48. The molecule has 1 fully saturated rings. The van der Waals surface area contributed by atoms with E-state index in [0.29, 0.717) is 28.3 Å². The third-order valence-electron chi connectivity index (χ3n) is 6.40. The summed E-state index contributed by atoms with van der Waals surface area (Å²) < 4.78 is 27.3. The number of methoxy groups -OCH3 is 3. The average molecular weight is 597 g/mol. The van der Waals surface area contributed by atoms with Crippen molar-refractivity contribution in [3.8, 4) is 23.0 Å². The molecule has 0 radical (unpaired) electrons. The molecule has 11 nitrogen and oxygen atoms in total. The number of nitrogens with zero attached hydrogens (tertiary/aromatic N) is 2. The fourth-order valence-corrected chi connectivity index (χ4v) is 5.58. The van der Waals surface area contributed by atoms with E-state index < -0.39 is 29.5 Å². The number of Topliss-reactive ketones (excluding diaryl/α,β-unsaturated/α-hetero) is 1. The van der Waals surface area contributed by atoms with Gasteiger partial charge in [0.15, 0.2) is 16.6 Å². The number of anilines is 1. The van der Waals surface area contributed by atoms with E-state index in [0.717, 1.165) is 16.2 Å². The van der Waals surface area contributed by atoms with Crippen LogP contribution in [-0.2, 0) is 14.3 Å². The number of benzene rings is 2. The van der Waals surface area contributed by atoms with Gasteiger partial charge in [-0.3, -0.25) is 14.5 Å². The Bertz CT molecular complexity index is 1520. The molecule has 0 spiro atoms. The second kappa shape index (κ2) is 12.5. The standard InChI is InChI=1S/C30H32N2O9S/c1-8-40-29(36)27-16(4)31-30(42-27)32-23(18-13-20(37-5)26(39-7)21(14-18)38-6)22(25(34)28(32)35)24(33)17-9-11-19(12-10-17)41-15(2)3/h9-15,23,33H,8H2,1-7H3/b24-22+. The molecule has 1 saturated heterocycles. The Kier molecular flexibility index (Phi) is 9.05. The van der Waals surface area contributed by atoms with E-state index in [1.165, 1.54) is 21.3 Å². The van der Waals surface area contributed by atoms with Crippen molar-refractivity contribution in [3.05, 3.63) is 63.7 Å². The molecule has 1 aliphatic heterocycles. The minimum absolute atomic E-state index is 0.0592. The molecule has 0 bridgehead atoms. The Morgan fingerprint density at radius 3 is 2.19 bits per heavy atom. The van der Waals surface area contributed by atoms with E-state index >= 15 is 0 Å². The van der Waals surface area contributed by atoms with E-state index in [2.05, 4.69) is 4.98 Å². The van der Waals surface area contributed by atoms with Crippen molar-refractivity contribution in [3.63, 3.8) is 0 Å². The van der Waals surface area contributed by atoms with Gasteiger partial charge in [0.05, 0.1) is 51.3 Å². The Hall–Kier alpha value is -4.58. The molecule has 4 rings (SSSR count). The van der Waals surface area contributed by atoms with Crippen LogP contribution in [0.15, 0.2) is 42.0 Å². The van der Waals surface area contributed by atoms with Gasteiger partial charge in [0.25, 0.3) is 5.78 Å². The first-order valence-corrected chi connectivity index (χ1v) is 13.9. The van der Waals surface area contributed by atoms with Gasteiger partial charge >= 0.3 is 11.9 Å². The fraction of sp³-hybridized carbons (Fsp3) is 0.333. The van der Waals surface area contributed by atoms with Crippen LogP contribution >= 0.6 is 11.3 Å². The van der Waals surface area contributed by atoms with Gasteiger partial charge in [0.2, 0.25) is 5.75 Å². The van der Waals surface area contributed by atoms with Gasteiger partial charge in [0.1, 0.15) is 16.4 Å². The minimum Gasteiger partial charge on any atom is -0.507 e. The Morgan fingerprint density at radius 1 is 1.05 bits per heavy atom. The van der Waals surface area contributed by atoms with Gasteiger partial charge in [-0.2, -0.15) is 0 Å². The number of aliphatic hydroxyl groups excluding tert-OH is 1. The second-order valence-corrected chi connectivity index (χ2v) is 10.4. The number of esters is 1. The first kappa shape index (κ1) is 30.4. The van der Waals surface area contributed by atoms with Crippen molar-refractivity contribution >= 4 is 39.9 Å². The zero-order chi connectivity index (χ0) is 30.7. The predicted molar refractivity (Wildman–Crippen MR) is 156 cm³/mol. The van der Waals surface area contributed by atoms with Crippen LogP contribution in [0.4, 0.5) is 5.13 Å². The summed E-state index contributed by atoms with van der Waals surface area (Å²) in [6, 6.07) is 8.53. The lowest BCUT2D eigenvalue weighted by Crippen LogP contribution is -2.29. The number of hydrogen-bond donors (Lipinski definition) is 1. The van der Waals surface area contributed by atoms with Gasteiger partial charge in [-0.05, 0) is 69.7 Å². The number of aryl methyl sites for hydroxylation is 1. The third-order valence-corrected chi connectivity index (χ3v) is 7.54. The molecule has 1 amide bonds. The summed E-state index contributed by atoms with van der Waals surface area (Å²) in [4.78, 5) is 45.6. The van der Waals surface area contributed by atoms with Gasteiger partial charge in [-0.1, -0.05) is 11.3 Å². The zero-order valence-electron chi connectivity index (χ0n) is 24.3. The summed E-state index contributed by atoms with van der Waals surface area (Å²) in [7, 11) is 4.33. The lowest BCUT2D eigenvalue weighted by atomic mass is 9.94. The first-order chi connectivity index (χ1) is 20.1. The molecule has 12 heteroatoms. The topological polar surface area (TPSA) is 134 Å². The van der Waals surface area contributed by atoms with Crippen LogP contribution in [0.2, 0.25) is 0 Å². The molecular weight excluding hydrogens is 564 g/mol. The van der Waals surface area contributed by atoms with Gasteiger partial charge in [-0.25, -0.2) is 9.78 Å². The summed E-state index contributed by atoms with van der Waals surface area (Å²) in [5.41, 5.74) is 0.816. The van der Waals surface area contributed by atoms with Crippen molar-refractivity contribution in [1.29, 1.82) is 0 Å². The van der Waals surface area contributed by atoms with Crippen molar-refractivity contribution in [2.75, 3.05) is 32.8 Å². The van der Waals surface area contributed by atoms with Crippen molar-refractivity contribution < 1.29 is 43.2 Å². The van der Waals surface area contributed by atoms with E-state index in [-0.39, 0.29) is 39.8 Å². The Balaban J connectivity index is 1.95. The number of thiazole rings is 1. The molecule has 42 heavy (non-hydrogen) atoms. The molecule has 1 aromatic heterocycles. The predicted octanol–water partition coefficient (Wildman–Crippen LogP) is 5.07. The minimum atomic E-state index is -1.16. The van der Waals surface area contributed by atoms with Crippen LogP contribution in [0.5, 0.6) is 23.0 Å². The molecule has 1 atom stereocenters. The summed E-state index contributed by atoms with van der Waals surface area (Å²) >= 11 is 0.913. The summed E-state index contributed by atoms with van der Waals surface area (Å²) in [5.74, 6) is -1.43. The van der Waals surface area contributed by atoms with E-state index in [1.807, 2.05) is 13.8 Å². The molecule has 0 aliphatic carbocycles. The molecule has 2 aromatic carbocycles. The highest BCUT2D eigenvalue weighted by Crippen LogP contribution is 2.48. The van der Waals surface area contributed by atoms with Crippen LogP contribution in [0, 0.1) is 6.92 Å². The summed E-state index contributed by atoms with van der Waals surface area (Å²) in [6.07, 6.45) is -0.0592. The number of ketones is 1. The molecule has 1 aliphatic rings. The molecular formula is C30H32N2O9S. The lowest BCUT2D eigenvalue weighted by Gasteiger charge is -2.24.